The van der Waals surface area contributed by atoms with E-state index >= 15 is 0 Å². The number of anilines is 1. The molecule has 0 radical (unpaired) electrons. The minimum Gasteiger partial charge on any atom is -0.349 e. The Hall–Kier alpha value is -3.68. The highest BCUT2D eigenvalue weighted by Crippen LogP contribution is 2.21. The Kier molecular flexibility index (Phi) is 4.75. The van der Waals surface area contributed by atoms with Gasteiger partial charge in [0.25, 0.3) is 11.5 Å². The molecular weight excluding hydrogens is 372 g/mol. The second kappa shape index (κ2) is 7.38. The van der Waals surface area contributed by atoms with Crippen LogP contribution in [0.3, 0.4) is 0 Å². The Morgan fingerprint density at radius 2 is 1.90 bits per heavy atom. The number of hydrogen-bond acceptors (Lipinski definition) is 4. The molecule has 1 saturated carbocycles. The summed E-state index contributed by atoms with van der Waals surface area (Å²) in [7, 11) is 0. The highest BCUT2D eigenvalue weighted by molar-refractivity contribution is 5.98. The Morgan fingerprint density at radius 3 is 2.66 bits per heavy atom. The van der Waals surface area contributed by atoms with Crippen molar-refractivity contribution in [2.24, 2.45) is 0 Å². The number of benzene rings is 2. The zero-order valence-electron chi connectivity index (χ0n) is 15.8. The standard InChI is InChI=1S/C21H20N4O4/c1-12-6-7-13(19(27)22-14-8-9-14)10-17(12)23-18(26)11-25-20(28)15-4-2-3-5-16(15)24-21(25)29/h2-7,10,14H,8-9,11H2,1H3,(H,22,27)(H,23,26)(H,24,29). The number of rotatable bonds is 5. The van der Waals surface area contributed by atoms with Crippen LogP contribution < -0.4 is 21.9 Å². The first-order valence-electron chi connectivity index (χ1n) is 9.35. The third kappa shape index (κ3) is 3.96. The lowest BCUT2D eigenvalue weighted by Crippen LogP contribution is -2.38. The summed E-state index contributed by atoms with van der Waals surface area (Å²) in [5.41, 5.74) is 0.902. The number of fused-ring (bicyclic) bond motifs is 1. The molecule has 0 unspecified atom stereocenters. The quantitative estimate of drug-likeness (QED) is 0.611. The average Bonchev–Trinajstić information content (AvgIpc) is 3.51. The van der Waals surface area contributed by atoms with Crippen molar-refractivity contribution in [2.75, 3.05) is 5.32 Å². The van der Waals surface area contributed by atoms with Crippen LogP contribution in [0, 0.1) is 6.92 Å². The van der Waals surface area contributed by atoms with Gasteiger partial charge in [-0.15, -0.1) is 0 Å². The van der Waals surface area contributed by atoms with Crippen molar-refractivity contribution in [1.82, 2.24) is 14.9 Å². The first-order chi connectivity index (χ1) is 13.9. The predicted molar refractivity (Wildman–Crippen MR) is 109 cm³/mol. The van der Waals surface area contributed by atoms with E-state index in [0.717, 1.165) is 23.0 Å². The topological polar surface area (TPSA) is 113 Å². The van der Waals surface area contributed by atoms with Gasteiger partial charge in [-0.25, -0.2) is 4.79 Å². The summed E-state index contributed by atoms with van der Waals surface area (Å²) in [6.07, 6.45) is 1.96. The Morgan fingerprint density at radius 1 is 1.14 bits per heavy atom. The van der Waals surface area contributed by atoms with Gasteiger partial charge in [0.15, 0.2) is 0 Å². The maximum absolute atomic E-state index is 12.6. The number of nitrogens with zero attached hydrogens (tertiary/aromatic N) is 1. The van der Waals surface area contributed by atoms with Crippen molar-refractivity contribution in [3.8, 4) is 0 Å². The summed E-state index contributed by atoms with van der Waals surface area (Å²) in [6, 6.07) is 11.9. The van der Waals surface area contributed by atoms with E-state index in [2.05, 4.69) is 15.6 Å². The molecule has 1 heterocycles. The summed E-state index contributed by atoms with van der Waals surface area (Å²) in [5.74, 6) is -0.721. The molecule has 2 amide bonds. The molecule has 0 bridgehead atoms. The third-order valence-electron chi connectivity index (χ3n) is 4.88. The normalized spacial score (nSPS) is 13.3. The molecule has 1 aliphatic rings. The van der Waals surface area contributed by atoms with E-state index in [1.807, 2.05) is 0 Å². The van der Waals surface area contributed by atoms with Gasteiger partial charge in [0.05, 0.1) is 10.9 Å². The van der Waals surface area contributed by atoms with Gasteiger partial charge in [0.2, 0.25) is 5.91 Å². The van der Waals surface area contributed by atoms with E-state index in [1.165, 1.54) is 0 Å². The van der Waals surface area contributed by atoms with Crippen molar-refractivity contribution in [3.05, 3.63) is 74.4 Å². The number of hydrogen-bond donors (Lipinski definition) is 3. The van der Waals surface area contributed by atoms with Crippen LogP contribution >= 0.6 is 0 Å². The monoisotopic (exact) mass is 392 g/mol. The molecule has 3 aromatic rings. The lowest BCUT2D eigenvalue weighted by molar-refractivity contribution is -0.116. The Labute approximate surface area is 165 Å². The van der Waals surface area contributed by atoms with Crippen LogP contribution in [0.4, 0.5) is 5.69 Å². The van der Waals surface area contributed by atoms with Crippen molar-refractivity contribution in [3.63, 3.8) is 0 Å². The molecule has 3 N–H and O–H groups in total. The molecule has 1 aromatic heterocycles. The molecule has 2 aromatic carbocycles. The van der Waals surface area contributed by atoms with Gasteiger partial charge in [-0.3, -0.25) is 19.0 Å². The van der Waals surface area contributed by atoms with Gasteiger partial charge < -0.3 is 15.6 Å². The highest BCUT2D eigenvalue weighted by Gasteiger charge is 2.24. The number of nitrogens with one attached hydrogen (secondary N) is 3. The predicted octanol–water partition coefficient (Wildman–Crippen LogP) is 1.53. The summed E-state index contributed by atoms with van der Waals surface area (Å²) >= 11 is 0. The second-order valence-corrected chi connectivity index (χ2v) is 7.19. The SMILES string of the molecule is Cc1ccc(C(=O)NC2CC2)cc1NC(=O)Cn1c(=O)[nH]c2ccccc2c1=O. The molecule has 148 valence electrons. The number of para-hydroxylation sites is 1. The number of aromatic nitrogens is 2. The van der Waals surface area contributed by atoms with E-state index in [4.69, 9.17) is 0 Å². The van der Waals surface area contributed by atoms with Crippen molar-refractivity contribution in [1.29, 1.82) is 0 Å². The van der Waals surface area contributed by atoms with Crippen LogP contribution in [0.15, 0.2) is 52.1 Å². The number of aryl methyl sites for hydroxylation is 1. The molecule has 0 spiro atoms. The van der Waals surface area contributed by atoms with Crippen LogP contribution in [0.5, 0.6) is 0 Å². The molecule has 8 heteroatoms. The number of H-pyrrole nitrogens is 1. The molecule has 0 aliphatic heterocycles. The van der Waals surface area contributed by atoms with Crippen LogP contribution in [0.25, 0.3) is 10.9 Å². The van der Waals surface area contributed by atoms with Crippen LogP contribution in [-0.4, -0.2) is 27.4 Å². The summed E-state index contributed by atoms with van der Waals surface area (Å²) in [6.45, 7) is 1.37. The minimum absolute atomic E-state index is 0.190. The molecule has 1 aliphatic carbocycles. The Bertz CT molecular complexity index is 1240. The van der Waals surface area contributed by atoms with Gasteiger partial charge in [-0.1, -0.05) is 18.2 Å². The zero-order chi connectivity index (χ0) is 20.5. The smallest absolute Gasteiger partial charge is 0.329 e. The van der Waals surface area contributed by atoms with E-state index in [0.29, 0.717) is 22.2 Å². The lowest BCUT2D eigenvalue weighted by atomic mass is 10.1. The molecule has 8 nitrogen and oxygen atoms in total. The Balaban J connectivity index is 1.56. The largest absolute Gasteiger partial charge is 0.349 e. The zero-order valence-corrected chi connectivity index (χ0v) is 15.8. The van der Waals surface area contributed by atoms with Crippen molar-refractivity contribution in [2.45, 2.75) is 32.4 Å². The van der Waals surface area contributed by atoms with E-state index in [9.17, 15) is 19.2 Å². The summed E-state index contributed by atoms with van der Waals surface area (Å²) in [4.78, 5) is 52.2. The second-order valence-electron chi connectivity index (χ2n) is 7.19. The average molecular weight is 392 g/mol. The number of carbonyl (C=O) groups excluding carboxylic acids is 2. The molecule has 0 saturated heterocycles. The fourth-order valence-electron chi connectivity index (χ4n) is 3.07. The molecule has 4 rings (SSSR count). The fraction of sp³-hybridized carbons (Fsp3) is 0.238. The molecule has 0 atom stereocenters. The third-order valence-corrected chi connectivity index (χ3v) is 4.88. The first kappa shape index (κ1) is 18.7. The van der Waals surface area contributed by atoms with Crippen LogP contribution in [-0.2, 0) is 11.3 Å². The van der Waals surface area contributed by atoms with Gasteiger partial charge in [0.1, 0.15) is 6.54 Å². The van der Waals surface area contributed by atoms with Crippen molar-refractivity contribution < 1.29 is 9.59 Å². The lowest BCUT2D eigenvalue weighted by Gasteiger charge is -2.12. The maximum Gasteiger partial charge on any atom is 0.329 e. The van der Waals surface area contributed by atoms with Gasteiger partial charge in [-0.2, -0.15) is 0 Å². The van der Waals surface area contributed by atoms with Gasteiger partial charge in [0, 0.05) is 17.3 Å². The van der Waals surface area contributed by atoms with E-state index < -0.39 is 23.7 Å². The molecule has 1 fully saturated rings. The van der Waals surface area contributed by atoms with Crippen LogP contribution in [0.2, 0.25) is 0 Å². The van der Waals surface area contributed by atoms with E-state index in [1.54, 1.807) is 49.4 Å². The number of amides is 2. The summed E-state index contributed by atoms with van der Waals surface area (Å²) in [5, 5.41) is 5.92. The molecule has 29 heavy (non-hydrogen) atoms. The highest BCUT2D eigenvalue weighted by atomic mass is 16.2. The fourth-order valence-corrected chi connectivity index (χ4v) is 3.07. The summed E-state index contributed by atoms with van der Waals surface area (Å²) < 4.78 is 0.858. The maximum atomic E-state index is 12.6. The molecular formula is C21H20N4O4. The van der Waals surface area contributed by atoms with Gasteiger partial charge >= 0.3 is 5.69 Å². The van der Waals surface area contributed by atoms with Crippen LogP contribution in [0.1, 0.15) is 28.8 Å². The first-order valence-corrected chi connectivity index (χ1v) is 9.35. The van der Waals surface area contributed by atoms with E-state index in [-0.39, 0.29) is 11.9 Å². The minimum atomic E-state index is -0.655. The van der Waals surface area contributed by atoms with Crippen molar-refractivity contribution >= 4 is 28.4 Å². The number of carbonyl (C=O) groups is 2. The van der Waals surface area contributed by atoms with Gasteiger partial charge in [-0.05, 0) is 49.6 Å². The number of aromatic amines is 1.